The van der Waals surface area contributed by atoms with E-state index < -0.39 is 40.6 Å². The Morgan fingerprint density at radius 3 is 2.46 bits per heavy atom. The second-order valence-electron chi connectivity index (χ2n) is 9.68. The van der Waals surface area contributed by atoms with Gasteiger partial charge < -0.3 is 4.90 Å². The number of anilines is 1. The number of carbonyl (C=O) groups excluding carboxylic acids is 3. The van der Waals surface area contributed by atoms with Crippen LogP contribution in [0.4, 0.5) is 18.9 Å². The first-order valence-corrected chi connectivity index (χ1v) is 15.0. The lowest BCUT2D eigenvalue weighted by molar-refractivity contribution is -0.137. The quantitative estimate of drug-likeness (QED) is 0.407. The lowest BCUT2D eigenvalue weighted by Gasteiger charge is -2.30. The molecule has 0 spiro atoms. The topological polar surface area (TPSA) is 79.7 Å². The first-order chi connectivity index (χ1) is 18.6. The first kappa shape index (κ1) is 26.3. The number of amides is 3. The third-order valence-electron chi connectivity index (χ3n) is 7.33. The molecule has 0 unspecified atom stereocenters. The van der Waals surface area contributed by atoms with Crippen molar-refractivity contribution in [3.8, 4) is 0 Å². The Labute approximate surface area is 233 Å². The summed E-state index contributed by atoms with van der Waals surface area (Å²) < 4.78 is 41.6. The molecule has 5 heterocycles. The van der Waals surface area contributed by atoms with Crippen LogP contribution in [0.3, 0.4) is 0 Å². The van der Waals surface area contributed by atoms with Crippen LogP contribution in [0.1, 0.15) is 40.5 Å². The summed E-state index contributed by atoms with van der Waals surface area (Å²) in [6.45, 7) is 1.11. The van der Waals surface area contributed by atoms with Gasteiger partial charge in [0.15, 0.2) is 0 Å². The number of nitrogens with zero attached hydrogens (tertiary/aromatic N) is 3. The molecule has 3 aliphatic rings. The number of benzene rings is 1. The average molecular weight is 594 g/mol. The maximum absolute atomic E-state index is 13.8. The molecule has 0 bridgehead atoms. The number of aromatic nitrogens is 1. The molecule has 2 fully saturated rings. The first-order valence-electron chi connectivity index (χ1n) is 12.4. The predicted molar refractivity (Wildman–Crippen MR) is 142 cm³/mol. The summed E-state index contributed by atoms with van der Waals surface area (Å²) in [5.74, 6) is -2.92. The molecule has 6 rings (SSSR count). The van der Waals surface area contributed by atoms with E-state index in [1.54, 1.807) is 4.90 Å². The van der Waals surface area contributed by atoms with Gasteiger partial charge in [0.25, 0.3) is 0 Å². The molecular weight excluding hydrogens is 571 g/mol. The Kier molecular flexibility index (Phi) is 6.71. The van der Waals surface area contributed by atoms with Gasteiger partial charge in [0.2, 0.25) is 17.7 Å². The van der Waals surface area contributed by atoms with Crippen molar-refractivity contribution in [3.63, 3.8) is 0 Å². The Morgan fingerprint density at radius 2 is 1.77 bits per heavy atom. The SMILES string of the molecule is O=C(Cn1c2c(sc1=O)[C@@H](c1cccs1)[C@H]1C(=O)N(c3cccc(C(F)(F)F)c3)C(=O)[C@H]1S2)N1CCCCC1. The van der Waals surface area contributed by atoms with Gasteiger partial charge in [-0.3, -0.25) is 23.7 Å². The van der Waals surface area contributed by atoms with Crippen LogP contribution in [0.25, 0.3) is 0 Å². The van der Waals surface area contributed by atoms with Gasteiger partial charge in [0.05, 0.1) is 22.2 Å². The van der Waals surface area contributed by atoms with Crippen molar-refractivity contribution < 1.29 is 27.6 Å². The van der Waals surface area contributed by atoms with Crippen LogP contribution in [-0.2, 0) is 27.1 Å². The molecule has 0 saturated carbocycles. The van der Waals surface area contributed by atoms with Crippen molar-refractivity contribution in [2.75, 3.05) is 18.0 Å². The van der Waals surface area contributed by atoms with Crippen molar-refractivity contribution in [1.82, 2.24) is 9.47 Å². The molecule has 13 heteroatoms. The summed E-state index contributed by atoms with van der Waals surface area (Å²) in [6.07, 6.45) is -1.77. The Balaban J connectivity index is 1.40. The molecule has 3 aromatic rings. The number of thioether (sulfide) groups is 1. The molecule has 3 atom stereocenters. The minimum atomic E-state index is -4.63. The Morgan fingerprint density at radius 1 is 1.00 bits per heavy atom. The monoisotopic (exact) mass is 593 g/mol. The van der Waals surface area contributed by atoms with Crippen LogP contribution >= 0.6 is 34.4 Å². The van der Waals surface area contributed by atoms with Crippen molar-refractivity contribution in [2.45, 2.75) is 48.2 Å². The predicted octanol–water partition coefficient (Wildman–Crippen LogP) is 4.80. The second kappa shape index (κ2) is 9.93. The lowest BCUT2D eigenvalue weighted by atomic mass is 9.87. The molecule has 2 aromatic heterocycles. The molecule has 0 radical (unpaired) electrons. The van der Waals surface area contributed by atoms with E-state index >= 15 is 0 Å². The number of alkyl halides is 3. The van der Waals surface area contributed by atoms with E-state index in [0.717, 1.165) is 64.3 Å². The minimum absolute atomic E-state index is 0.138. The fraction of sp³-hybridized carbons (Fsp3) is 0.385. The van der Waals surface area contributed by atoms with E-state index in [2.05, 4.69) is 0 Å². The molecule has 0 aliphatic carbocycles. The number of hydrogen-bond donors (Lipinski definition) is 0. The van der Waals surface area contributed by atoms with Crippen molar-refractivity contribution in [2.24, 2.45) is 5.92 Å². The average Bonchev–Trinajstić information content (AvgIpc) is 3.61. The maximum atomic E-state index is 13.8. The van der Waals surface area contributed by atoms with Gasteiger partial charge in [-0.2, -0.15) is 13.2 Å². The maximum Gasteiger partial charge on any atom is 0.416 e. The summed E-state index contributed by atoms with van der Waals surface area (Å²) in [6, 6.07) is 7.81. The second-order valence-corrected chi connectivity index (χ2v) is 12.8. The number of piperidine rings is 1. The molecule has 1 aromatic carbocycles. The van der Waals surface area contributed by atoms with E-state index in [1.807, 2.05) is 17.5 Å². The highest BCUT2D eigenvalue weighted by atomic mass is 32.2. The minimum Gasteiger partial charge on any atom is -0.341 e. The van der Waals surface area contributed by atoms with E-state index in [-0.39, 0.29) is 23.0 Å². The van der Waals surface area contributed by atoms with Crippen LogP contribution in [0.15, 0.2) is 51.6 Å². The zero-order valence-corrected chi connectivity index (χ0v) is 22.8. The van der Waals surface area contributed by atoms with Crippen LogP contribution in [-0.4, -0.2) is 45.5 Å². The van der Waals surface area contributed by atoms with Crippen molar-refractivity contribution in [3.05, 3.63) is 66.8 Å². The fourth-order valence-electron chi connectivity index (χ4n) is 5.48. The number of thiophene rings is 1. The molecule has 0 N–H and O–H groups in total. The van der Waals surface area contributed by atoms with Crippen LogP contribution < -0.4 is 9.77 Å². The molecule has 39 heavy (non-hydrogen) atoms. The number of likely N-dealkylation sites (tertiary alicyclic amines) is 1. The summed E-state index contributed by atoms with van der Waals surface area (Å²) in [7, 11) is 0. The molecule has 7 nitrogen and oxygen atoms in total. The molecule has 3 aliphatic heterocycles. The van der Waals surface area contributed by atoms with Crippen molar-refractivity contribution in [1.29, 1.82) is 0 Å². The van der Waals surface area contributed by atoms with Gasteiger partial charge in [-0.05, 0) is 48.9 Å². The largest absolute Gasteiger partial charge is 0.416 e. The molecule has 204 valence electrons. The van der Waals surface area contributed by atoms with Gasteiger partial charge in [0, 0.05) is 28.8 Å². The van der Waals surface area contributed by atoms with E-state index in [4.69, 9.17) is 0 Å². The van der Waals surface area contributed by atoms with E-state index in [9.17, 15) is 32.3 Å². The standard InChI is InChI=1S/C26H22F3N3O4S3/c27-26(28,29)14-6-4-7-15(12-14)32-22(34)19-18(16-8-5-11-37-16)21-24(38-20(19)23(32)35)31(25(36)39-21)13-17(33)30-9-2-1-3-10-30/h4-8,11-12,18-20H,1-3,9-10,13H2/t18-,19+,20-/m0/s1. The van der Waals surface area contributed by atoms with Crippen LogP contribution in [0.2, 0.25) is 0 Å². The molecule has 2 saturated heterocycles. The highest BCUT2D eigenvalue weighted by Gasteiger charge is 2.57. The summed E-state index contributed by atoms with van der Waals surface area (Å²) >= 11 is 3.40. The van der Waals surface area contributed by atoms with Gasteiger partial charge in [-0.25, -0.2) is 4.90 Å². The molecule has 3 amide bonds. The van der Waals surface area contributed by atoms with Gasteiger partial charge in [0.1, 0.15) is 11.8 Å². The van der Waals surface area contributed by atoms with Crippen molar-refractivity contribution >= 4 is 57.8 Å². The smallest absolute Gasteiger partial charge is 0.341 e. The van der Waals surface area contributed by atoms with Gasteiger partial charge in [-0.1, -0.05) is 35.2 Å². The number of hydrogen-bond acceptors (Lipinski definition) is 7. The third kappa shape index (κ3) is 4.53. The highest BCUT2D eigenvalue weighted by molar-refractivity contribution is 8.00. The van der Waals surface area contributed by atoms with Gasteiger partial charge >= 0.3 is 11.0 Å². The van der Waals surface area contributed by atoms with Crippen LogP contribution in [0.5, 0.6) is 0 Å². The number of rotatable bonds is 4. The summed E-state index contributed by atoms with van der Waals surface area (Å²) in [5, 5.41) is 1.36. The zero-order chi connectivity index (χ0) is 27.5. The lowest BCUT2D eigenvalue weighted by Crippen LogP contribution is -2.39. The molecular formula is C26H22F3N3O4S3. The summed E-state index contributed by atoms with van der Waals surface area (Å²) in [4.78, 5) is 57.3. The van der Waals surface area contributed by atoms with E-state index in [0.29, 0.717) is 23.0 Å². The normalized spacial score (nSPS) is 23.2. The number of thiazole rings is 1. The number of imide groups is 1. The fourth-order valence-corrected chi connectivity index (χ4v) is 9.21. The third-order valence-corrected chi connectivity index (χ3v) is 10.9. The highest BCUT2D eigenvalue weighted by Crippen LogP contribution is 2.54. The number of halogens is 3. The number of carbonyl (C=O) groups is 3. The van der Waals surface area contributed by atoms with E-state index in [1.165, 1.54) is 28.0 Å². The van der Waals surface area contributed by atoms with Gasteiger partial charge in [-0.15, -0.1) is 11.3 Å². The Hall–Kier alpha value is -2.90. The van der Waals surface area contributed by atoms with Crippen LogP contribution in [0, 0.1) is 5.92 Å². The number of fused-ring (bicyclic) bond motifs is 2. The summed E-state index contributed by atoms with van der Waals surface area (Å²) in [5.41, 5.74) is -1.09. The Bertz CT molecular complexity index is 1510. The zero-order valence-electron chi connectivity index (χ0n) is 20.3.